The maximum Gasteiger partial charge on any atom is 0.141 e. The van der Waals surface area contributed by atoms with E-state index in [2.05, 4.69) is 34.9 Å². The Kier molecular flexibility index (Phi) is 5.82. The van der Waals surface area contributed by atoms with Crippen molar-refractivity contribution in [3.05, 3.63) is 15.9 Å². The monoisotopic (exact) mass is 340 g/mol. The number of carbonyl (C=O) groups excluding carboxylic acids is 1. The van der Waals surface area contributed by atoms with E-state index in [-0.39, 0.29) is 5.92 Å². The van der Waals surface area contributed by atoms with Crippen LogP contribution in [0.5, 0.6) is 0 Å². The molecular weight excluding hydrogens is 316 g/mol. The van der Waals surface area contributed by atoms with Crippen LogP contribution in [0.2, 0.25) is 0 Å². The minimum Gasteiger partial charge on any atom is -0.299 e. The van der Waals surface area contributed by atoms with E-state index in [4.69, 9.17) is 0 Å². The fourth-order valence-corrected chi connectivity index (χ4v) is 3.80. The first-order chi connectivity index (χ1) is 9.67. The Morgan fingerprint density at radius 2 is 1.90 bits per heavy atom. The second-order valence-corrected chi connectivity index (χ2v) is 6.50. The van der Waals surface area contributed by atoms with Crippen LogP contribution in [0.15, 0.2) is 4.47 Å². The summed E-state index contributed by atoms with van der Waals surface area (Å²) >= 11 is 3.64. The van der Waals surface area contributed by atoms with E-state index >= 15 is 0 Å². The minimum atomic E-state index is 0.273. The molecule has 1 saturated carbocycles. The van der Waals surface area contributed by atoms with E-state index in [1.165, 1.54) is 25.7 Å². The smallest absolute Gasteiger partial charge is 0.141 e. The molecule has 0 unspecified atom stereocenters. The zero-order valence-corrected chi connectivity index (χ0v) is 14.2. The van der Waals surface area contributed by atoms with E-state index in [9.17, 15) is 4.79 Å². The van der Waals surface area contributed by atoms with Gasteiger partial charge in [0.2, 0.25) is 0 Å². The molecule has 3 nitrogen and oxygen atoms in total. The lowest BCUT2D eigenvalue weighted by Gasteiger charge is -2.13. The third-order valence-corrected chi connectivity index (χ3v) is 5.26. The van der Waals surface area contributed by atoms with Crippen LogP contribution in [-0.2, 0) is 24.2 Å². The summed E-state index contributed by atoms with van der Waals surface area (Å²) in [5.41, 5.74) is 2.13. The molecule has 0 bridgehead atoms. The number of carbonyl (C=O) groups is 1. The lowest BCUT2D eigenvalue weighted by atomic mass is 9.93. The number of aromatic nitrogens is 2. The third kappa shape index (κ3) is 3.51. The van der Waals surface area contributed by atoms with Gasteiger partial charge in [-0.1, -0.05) is 32.6 Å². The predicted molar refractivity (Wildman–Crippen MR) is 84.9 cm³/mol. The average molecular weight is 341 g/mol. The number of rotatable bonds is 5. The molecule has 112 valence electrons. The van der Waals surface area contributed by atoms with Gasteiger partial charge >= 0.3 is 0 Å². The Labute approximate surface area is 130 Å². The van der Waals surface area contributed by atoms with Gasteiger partial charge in [0.05, 0.1) is 15.9 Å². The van der Waals surface area contributed by atoms with Gasteiger partial charge in [-0.15, -0.1) is 0 Å². The van der Waals surface area contributed by atoms with Crippen molar-refractivity contribution < 1.29 is 4.79 Å². The van der Waals surface area contributed by atoms with Gasteiger partial charge < -0.3 is 0 Å². The van der Waals surface area contributed by atoms with E-state index in [0.29, 0.717) is 12.2 Å². The lowest BCUT2D eigenvalue weighted by Crippen LogP contribution is -2.18. The van der Waals surface area contributed by atoms with Crippen molar-refractivity contribution in [3.8, 4) is 0 Å². The van der Waals surface area contributed by atoms with E-state index in [1.54, 1.807) is 0 Å². The molecule has 1 aliphatic carbocycles. The molecule has 1 aromatic heterocycles. The van der Waals surface area contributed by atoms with Gasteiger partial charge in [-0.05, 0) is 42.1 Å². The number of aryl methyl sites for hydroxylation is 2. The summed E-state index contributed by atoms with van der Waals surface area (Å²) in [4.78, 5) is 12.6. The van der Waals surface area contributed by atoms with Crippen molar-refractivity contribution in [2.45, 2.75) is 71.8 Å². The molecule has 0 atom stereocenters. The van der Waals surface area contributed by atoms with Crippen LogP contribution in [0.4, 0.5) is 0 Å². The van der Waals surface area contributed by atoms with Crippen molar-refractivity contribution in [1.82, 2.24) is 9.78 Å². The van der Waals surface area contributed by atoms with Crippen LogP contribution >= 0.6 is 15.9 Å². The van der Waals surface area contributed by atoms with Crippen LogP contribution in [0.3, 0.4) is 0 Å². The highest BCUT2D eigenvalue weighted by atomic mass is 79.9. The summed E-state index contributed by atoms with van der Waals surface area (Å²) in [5.74, 6) is 0.680. The zero-order valence-electron chi connectivity index (χ0n) is 12.6. The fraction of sp³-hybridized carbons (Fsp3) is 0.750. The highest BCUT2D eigenvalue weighted by molar-refractivity contribution is 9.10. The number of hydrogen-bond acceptors (Lipinski definition) is 2. The maximum absolute atomic E-state index is 12.6. The van der Waals surface area contributed by atoms with Crippen molar-refractivity contribution in [3.63, 3.8) is 0 Å². The number of Topliss-reactive ketones (excluding diaryl/α,β-unsaturated/α-hetero) is 1. The Morgan fingerprint density at radius 3 is 2.45 bits per heavy atom. The number of halogens is 1. The minimum absolute atomic E-state index is 0.273. The molecule has 1 heterocycles. The Hall–Kier alpha value is -0.640. The number of ketones is 1. The Bertz CT molecular complexity index is 459. The molecule has 1 fully saturated rings. The molecule has 0 aliphatic heterocycles. The summed E-state index contributed by atoms with van der Waals surface area (Å²) in [6.45, 7) is 5.01. The van der Waals surface area contributed by atoms with Crippen molar-refractivity contribution in [1.29, 1.82) is 0 Å². The molecule has 0 amide bonds. The van der Waals surface area contributed by atoms with Gasteiger partial charge in [-0.3, -0.25) is 9.48 Å². The lowest BCUT2D eigenvalue weighted by molar-refractivity contribution is -0.122. The van der Waals surface area contributed by atoms with Crippen LogP contribution in [0, 0.1) is 5.92 Å². The molecule has 0 spiro atoms. The fourth-order valence-electron chi connectivity index (χ4n) is 3.10. The summed E-state index contributed by atoms with van der Waals surface area (Å²) in [5, 5.41) is 4.58. The van der Waals surface area contributed by atoms with Crippen molar-refractivity contribution in [2.24, 2.45) is 5.92 Å². The molecule has 1 aliphatic rings. The molecule has 1 aromatic rings. The summed E-state index contributed by atoms with van der Waals surface area (Å²) in [6, 6.07) is 0. The second kappa shape index (κ2) is 7.39. The summed E-state index contributed by atoms with van der Waals surface area (Å²) < 4.78 is 3.03. The average Bonchev–Trinajstić information content (AvgIpc) is 2.65. The van der Waals surface area contributed by atoms with Gasteiger partial charge in [0.1, 0.15) is 5.78 Å². The molecule has 0 saturated heterocycles. The van der Waals surface area contributed by atoms with Crippen molar-refractivity contribution >= 4 is 21.7 Å². The molecular formula is C16H25BrN2O. The largest absolute Gasteiger partial charge is 0.299 e. The molecule has 2 rings (SSSR count). The first-order valence-electron chi connectivity index (χ1n) is 7.94. The van der Waals surface area contributed by atoms with Crippen LogP contribution in [0.1, 0.15) is 63.8 Å². The molecule has 0 aromatic carbocycles. The highest BCUT2D eigenvalue weighted by Gasteiger charge is 2.23. The highest BCUT2D eigenvalue weighted by Crippen LogP contribution is 2.28. The van der Waals surface area contributed by atoms with Crippen LogP contribution < -0.4 is 0 Å². The second-order valence-electron chi connectivity index (χ2n) is 5.71. The Morgan fingerprint density at radius 1 is 1.25 bits per heavy atom. The Balaban J connectivity index is 2.12. The molecule has 0 radical (unpaired) electrons. The van der Waals surface area contributed by atoms with Gasteiger partial charge in [0.15, 0.2) is 0 Å². The van der Waals surface area contributed by atoms with Crippen molar-refractivity contribution in [2.75, 3.05) is 0 Å². The molecule has 0 N–H and O–H groups in total. The topological polar surface area (TPSA) is 34.9 Å². The van der Waals surface area contributed by atoms with Gasteiger partial charge in [-0.25, -0.2) is 0 Å². The summed E-state index contributed by atoms with van der Waals surface area (Å²) in [6.07, 6.45) is 8.61. The molecule has 20 heavy (non-hydrogen) atoms. The standard InChI is InChI=1S/C16H25BrN2O/c1-3-13-16(17)14(19(4-2)18-13)11-15(20)12-9-7-5-6-8-10-12/h12H,3-11H2,1-2H3. The first-order valence-corrected chi connectivity index (χ1v) is 8.73. The van der Waals surface area contributed by atoms with Crippen LogP contribution in [0.25, 0.3) is 0 Å². The zero-order chi connectivity index (χ0) is 14.5. The van der Waals surface area contributed by atoms with Gasteiger partial charge in [0, 0.05) is 18.9 Å². The van der Waals surface area contributed by atoms with Gasteiger partial charge in [-0.2, -0.15) is 5.10 Å². The van der Waals surface area contributed by atoms with E-state index < -0.39 is 0 Å². The quantitative estimate of drug-likeness (QED) is 0.748. The molecule has 4 heteroatoms. The van der Waals surface area contributed by atoms with E-state index in [1.807, 2.05) is 4.68 Å². The predicted octanol–water partition coefficient (Wildman–Crippen LogP) is 4.31. The third-order valence-electron chi connectivity index (χ3n) is 4.35. The van der Waals surface area contributed by atoms with Gasteiger partial charge in [0.25, 0.3) is 0 Å². The van der Waals surface area contributed by atoms with E-state index in [0.717, 1.165) is 41.7 Å². The summed E-state index contributed by atoms with van der Waals surface area (Å²) in [7, 11) is 0. The first kappa shape index (κ1) is 15.7. The van der Waals surface area contributed by atoms with Crippen LogP contribution in [-0.4, -0.2) is 15.6 Å². The normalized spacial score (nSPS) is 17.1. The SMILES string of the molecule is CCc1nn(CC)c(CC(=O)C2CCCCCC2)c1Br. The number of hydrogen-bond donors (Lipinski definition) is 0. The number of nitrogens with zero attached hydrogens (tertiary/aromatic N) is 2. The maximum atomic E-state index is 12.6.